The Balaban J connectivity index is 1.49. The Morgan fingerprint density at radius 1 is 0.794 bits per heavy atom. The molecule has 2 aromatic rings. The standard InChI is InChI=1S/C30H38N2O2/c1-3-22-32(23-4-2)30(33)13-11-9-7-5-6-8-10-12-24-34-29-20-18-28(19-21-29)27-16-14-26(25-31)15-17-27/h3-4,14-21H,1-2,5-13,22-24H2. The minimum Gasteiger partial charge on any atom is -0.494 e. The topological polar surface area (TPSA) is 53.3 Å². The lowest BCUT2D eigenvalue weighted by Crippen LogP contribution is -2.30. The van der Waals surface area contributed by atoms with Crippen LogP contribution in [0.25, 0.3) is 11.1 Å². The molecule has 4 nitrogen and oxygen atoms in total. The lowest BCUT2D eigenvalue weighted by Gasteiger charge is -2.19. The minimum atomic E-state index is 0.198. The van der Waals surface area contributed by atoms with Gasteiger partial charge in [0.25, 0.3) is 0 Å². The molecule has 4 heteroatoms. The molecule has 0 unspecified atom stereocenters. The summed E-state index contributed by atoms with van der Waals surface area (Å²) in [6, 6.07) is 17.9. The second kappa shape index (κ2) is 16.3. The van der Waals surface area contributed by atoms with Crippen LogP contribution in [-0.2, 0) is 4.79 Å². The van der Waals surface area contributed by atoms with Crippen molar-refractivity contribution in [2.45, 2.75) is 57.8 Å². The fourth-order valence-electron chi connectivity index (χ4n) is 3.86. The van der Waals surface area contributed by atoms with E-state index in [2.05, 4.69) is 31.4 Å². The van der Waals surface area contributed by atoms with Gasteiger partial charge in [0.05, 0.1) is 18.2 Å². The number of carbonyl (C=O) groups is 1. The van der Waals surface area contributed by atoms with E-state index in [0.717, 1.165) is 42.7 Å². The van der Waals surface area contributed by atoms with E-state index < -0.39 is 0 Å². The third-order valence-electron chi connectivity index (χ3n) is 5.81. The first kappa shape index (κ1) is 26.9. The number of benzene rings is 2. The number of hydrogen-bond donors (Lipinski definition) is 0. The van der Waals surface area contributed by atoms with Crippen molar-refractivity contribution in [1.29, 1.82) is 5.26 Å². The average molecular weight is 459 g/mol. The van der Waals surface area contributed by atoms with Crippen LogP contribution < -0.4 is 4.74 Å². The highest BCUT2D eigenvalue weighted by Crippen LogP contribution is 2.23. The number of carbonyl (C=O) groups excluding carboxylic acids is 1. The number of nitrogens with zero attached hydrogens (tertiary/aromatic N) is 2. The number of nitriles is 1. The summed E-state index contributed by atoms with van der Waals surface area (Å²) >= 11 is 0. The van der Waals surface area contributed by atoms with Crippen LogP contribution in [-0.4, -0.2) is 30.5 Å². The summed E-state index contributed by atoms with van der Waals surface area (Å²) in [5.74, 6) is 1.09. The Morgan fingerprint density at radius 3 is 1.82 bits per heavy atom. The van der Waals surface area contributed by atoms with Gasteiger partial charge in [-0.1, -0.05) is 74.9 Å². The van der Waals surface area contributed by atoms with Gasteiger partial charge in [-0.15, -0.1) is 13.2 Å². The summed E-state index contributed by atoms with van der Waals surface area (Å²) in [5.41, 5.74) is 2.89. The van der Waals surface area contributed by atoms with Crippen molar-refractivity contribution in [3.8, 4) is 22.9 Å². The second-order valence-corrected chi connectivity index (χ2v) is 8.52. The lowest BCUT2D eigenvalue weighted by molar-refractivity contribution is -0.130. The predicted molar refractivity (Wildman–Crippen MR) is 141 cm³/mol. The van der Waals surface area contributed by atoms with E-state index in [1.54, 1.807) is 17.1 Å². The Bertz CT molecular complexity index is 900. The first-order valence-electron chi connectivity index (χ1n) is 12.4. The largest absolute Gasteiger partial charge is 0.494 e. The maximum atomic E-state index is 12.2. The zero-order valence-electron chi connectivity index (χ0n) is 20.4. The van der Waals surface area contributed by atoms with Crippen LogP contribution >= 0.6 is 0 Å². The molecule has 0 saturated carbocycles. The summed E-state index contributed by atoms with van der Waals surface area (Å²) in [6.07, 6.45) is 13.4. The molecule has 0 bridgehead atoms. The quantitative estimate of drug-likeness (QED) is 0.184. The fraction of sp³-hybridized carbons (Fsp3) is 0.400. The van der Waals surface area contributed by atoms with Crippen LogP contribution in [0, 0.1) is 11.3 Å². The SMILES string of the molecule is C=CCN(CC=C)C(=O)CCCCCCCCCCOc1ccc(-c2ccc(C#N)cc2)cc1. The first-order valence-corrected chi connectivity index (χ1v) is 12.4. The van der Waals surface area contributed by atoms with Crippen molar-refractivity contribution in [1.82, 2.24) is 4.90 Å². The number of amides is 1. The number of unbranched alkanes of at least 4 members (excludes halogenated alkanes) is 7. The molecule has 0 atom stereocenters. The highest BCUT2D eigenvalue weighted by atomic mass is 16.5. The Morgan fingerprint density at radius 2 is 1.29 bits per heavy atom. The first-order chi connectivity index (χ1) is 16.7. The second-order valence-electron chi connectivity index (χ2n) is 8.52. The third kappa shape index (κ3) is 10.1. The predicted octanol–water partition coefficient (Wildman–Crippen LogP) is 7.32. The van der Waals surface area contributed by atoms with Crippen molar-refractivity contribution in [2.75, 3.05) is 19.7 Å². The zero-order valence-corrected chi connectivity index (χ0v) is 20.4. The molecule has 0 aliphatic rings. The molecule has 0 aromatic heterocycles. The van der Waals surface area contributed by atoms with Crippen LogP contribution in [0.3, 0.4) is 0 Å². The van der Waals surface area contributed by atoms with Gasteiger partial charge >= 0.3 is 0 Å². The average Bonchev–Trinajstić information content (AvgIpc) is 2.87. The van der Waals surface area contributed by atoms with Crippen molar-refractivity contribution in [2.24, 2.45) is 0 Å². The van der Waals surface area contributed by atoms with Crippen LogP contribution in [0.15, 0.2) is 73.8 Å². The molecule has 1 amide bonds. The van der Waals surface area contributed by atoms with Crippen LogP contribution in [0.5, 0.6) is 5.75 Å². The summed E-state index contributed by atoms with van der Waals surface area (Å²) in [4.78, 5) is 14.0. The molecular weight excluding hydrogens is 420 g/mol. The van der Waals surface area contributed by atoms with Gasteiger partial charge < -0.3 is 9.64 Å². The molecule has 0 aliphatic carbocycles. The minimum absolute atomic E-state index is 0.198. The third-order valence-corrected chi connectivity index (χ3v) is 5.81. The summed E-state index contributed by atoms with van der Waals surface area (Å²) in [6.45, 7) is 9.36. The molecule has 180 valence electrons. The molecule has 0 N–H and O–H groups in total. The maximum absolute atomic E-state index is 12.2. The van der Waals surface area contributed by atoms with E-state index in [1.165, 1.54) is 32.1 Å². The highest BCUT2D eigenvalue weighted by molar-refractivity contribution is 5.76. The lowest BCUT2D eigenvalue weighted by atomic mass is 10.0. The van der Waals surface area contributed by atoms with E-state index in [0.29, 0.717) is 25.1 Å². The van der Waals surface area contributed by atoms with E-state index in [-0.39, 0.29) is 5.91 Å². The molecule has 34 heavy (non-hydrogen) atoms. The number of ether oxygens (including phenoxy) is 1. The van der Waals surface area contributed by atoms with Crippen molar-refractivity contribution in [3.63, 3.8) is 0 Å². The van der Waals surface area contributed by atoms with E-state index >= 15 is 0 Å². The maximum Gasteiger partial charge on any atom is 0.223 e. The van der Waals surface area contributed by atoms with Gasteiger partial charge in [0.2, 0.25) is 5.91 Å². The Hall–Kier alpha value is -3.32. The Labute approximate surface area is 205 Å². The van der Waals surface area contributed by atoms with Gasteiger partial charge in [0.15, 0.2) is 0 Å². The Kier molecular flexibility index (Phi) is 12.9. The zero-order chi connectivity index (χ0) is 24.4. The highest BCUT2D eigenvalue weighted by Gasteiger charge is 2.09. The molecule has 2 aromatic carbocycles. The fourth-order valence-corrected chi connectivity index (χ4v) is 3.86. The normalized spacial score (nSPS) is 10.3. The van der Waals surface area contributed by atoms with Crippen molar-refractivity contribution in [3.05, 3.63) is 79.4 Å². The van der Waals surface area contributed by atoms with E-state index in [4.69, 9.17) is 10.00 Å². The summed E-state index contributed by atoms with van der Waals surface area (Å²) in [7, 11) is 0. The molecular formula is C30H38N2O2. The number of rotatable bonds is 17. The molecule has 0 aliphatic heterocycles. The van der Waals surface area contributed by atoms with Gasteiger partial charge in [-0.3, -0.25) is 4.79 Å². The van der Waals surface area contributed by atoms with Crippen molar-refractivity contribution >= 4 is 5.91 Å². The molecule has 2 rings (SSSR count). The van der Waals surface area contributed by atoms with E-state index in [9.17, 15) is 4.79 Å². The van der Waals surface area contributed by atoms with Gasteiger partial charge in [0, 0.05) is 19.5 Å². The van der Waals surface area contributed by atoms with Crippen LogP contribution in [0.2, 0.25) is 0 Å². The van der Waals surface area contributed by atoms with Crippen LogP contribution in [0.1, 0.15) is 63.4 Å². The monoisotopic (exact) mass is 458 g/mol. The van der Waals surface area contributed by atoms with Crippen molar-refractivity contribution < 1.29 is 9.53 Å². The summed E-state index contributed by atoms with van der Waals surface area (Å²) < 4.78 is 5.88. The van der Waals surface area contributed by atoms with E-state index in [1.807, 2.05) is 36.4 Å². The smallest absolute Gasteiger partial charge is 0.223 e. The molecule has 0 heterocycles. The molecule has 0 saturated heterocycles. The molecule has 0 radical (unpaired) electrons. The molecule has 0 fully saturated rings. The van der Waals surface area contributed by atoms with Gasteiger partial charge in [-0.2, -0.15) is 5.26 Å². The summed E-state index contributed by atoms with van der Waals surface area (Å²) in [5, 5.41) is 8.91. The molecule has 0 spiro atoms. The van der Waals surface area contributed by atoms with Gasteiger partial charge in [-0.25, -0.2) is 0 Å². The van der Waals surface area contributed by atoms with Gasteiger partial charge in [0.1, 0.15) is 5.75 Å². The number of hydrogen-bond acceptors (Lipinski definition) is 3. The van der Waals surface area contributed by atoms with Crippen LogP contribution in [0.4, 0.5) is 0 Å². The van der Waals surface area contributed by atoms with Gasteiger partial charge in [-0.05, 0) is 48.2 Å².